The summed E-state index contributed by atoms with van der Waals surface area (Å²) < 4.78 is 54.2. The van der Waals surface area contributed by atoms with E-state index in [4.69, 9.17) is 19.5 Å². The van der Waals surface area contributed by atoms with Gasteiger partial charge in [0.05, 0.1) is 23.2 Å². The van der Waals surface area contributed by atoms with E-state index in [0.717, 1.165) is 18.4 Å². The predicted octanol–water partition coefficient (Wildman–Crippen LogP) is 3.83. The number of nitrogens with two attached hydrogens (primary N) is 1. The van der Waals surface area contributed by atoms with Crippen LogP contribution in [0.4, 0.5) is 4.39 Å². The number of halogens is 1. The van der Waals surface area contributed by atoms with Gasteiger partial charge in [-0.2, -0.15) is 13.2 Å². The first-order chi connectivity index (χ1) is 15.2. The van der Waals surface area contributed by atoms with E-state index < -0.39 is 10.1 Å². The number of ether oxygens (including phenoxy) is 1. The minimum Gasteiger partial charge on any atom is -0.489 e. The summed E-state index contributed by atoms with van der Waals surface area (Å²) in [5.74, 6) is 0.506. The van der Waals surface area contributed by atoms with Crippen molar-refractivity contribution in [2.45, 2.75) is 38.1 Å². The molecule has 3 rings (SSSR count). The third-order valence-corrected chi connectivity index (χ3v) is 5.36. The molecule has 2 aromatic carbocycles. The highest BCUT2D eigenvalue weighted by atomic mass is 32.2. The molecule has 10 heteroatoms. The van der Waals surface area contributed by atoms with E-state index in [-0.39, 0.29) is 23.6 Å². The summed E-state index contributed by atoms with van der Waals surface area (Å²) in [4.78, 5) is 12.0. The van der Waals surface area contributed by atoms with Crippen LogP contribution in [-0.2, 0) is 16.7 Å². The maximum atomic E-state index is 12.4. The lowest BCUT2D eigenvalue weighted by molar-refractivity contribution is 0.276. The lowest BCUT2D eigenvalue weighted by Crippen LogP contribution is -2.13. The van der Waals surface area contributed by atoms with Gasteiger partial charge in [0, 0.05) is 18.2 Å². The van der Waals surface area contributed by atoms with Gasteiger partial charge in [0.25, 0.3) is 15.7 Å². The maximum Gasteiger partial charge on any atom is 0.294 e. The Balaban J connectivity index is 0.000000278. The van der Waals surface area contributed by atoms with Crippen molar-refractivity contribution in [3.05, 3.63) is 70.3 Å². The number of hydrogen-bond donors (Lipinski definition) is 2. The molecule has 0 spiro atoms. The monoisotopic (exact) mass is 466 g/mol. The first-order valence-corrected chi connectivity index (χ1v) is 11.4. The average molecular weight is 467 g/mol. The van der Waals surface area contributed by atoms with Gasteiger partial charge in [-0.1, -0.05) is 31.0 Å². The zero-order valence-electron chi connectivity index (χ0n) is 18.0. The Labute approximate surface area is 185 Å². The quantitative estimate of drug-likeness (QED) is 0.483. The summed E-state index contributed by atoms with van der Waals surface area (Å²) in [6, 6.07) is 10.9. The normalized spacial score (nSPS) is 11.8. The molecule has 174 valence electrons. The predicted molar refractivity (Wildman–Crippen MR) is 120 cm³/mol. The molecule has 0 radical (unpaired) electrons. The fourth-order valence-corrected chi connectivity index (χ4v) is 3.09. The average Bonchev–Trinajstić information content (AvgIpc) is 3.08. The minimum absolute atomic E-state index is 0.0666. The SMILES string of the molecule is CCCCn1oc2cc(OC/C(=C\F)CN)ccc2c1=O.Cc1ccc(S(=O)(=O)O)cc1. The molecule has 0 amide bonds. The standard InChI is InChI=1S/C15H19FN2O3.C7H8O3S/c1-2-3-6-18-15(19)13-5-4-12(7-14(13)21-18)20-10-11(8-16)9-17;1-6-2-4-7(5-3-6)11(8,9)10/h4-5,7-8H,2-3,6,9-10,17H2,1H3;2-5H,1H3,(H,8,9,10)/b11-8-;. The van der Waals surface area contributed by atoms with Gasteiger partial charge in [-0.3, -0.25) is 9.35 Å². The molecule has 1 aromatic heterocycles. The zero-order chi connectivity index (χ0) is 23.7. The van der Waals surface area contributed by atoms with E-state index >= 15 is 0 Å². The van der Waals surface area contributed by atoms with Crippen molar-refractivity contribution in [3.8, 4) is 5.75 Å². The van der Waals surface area contributed by atoms with E-state index in [1.165, 1.54) is 16.9 Å². The Morgan fingerprint density at radius 1 is 1.25 bits per heavy atom. The first-order valence-electron chi connectivity index (χ1n) is 9.98. The second-order valence-corrected chi connectivity index (χ2v) is 8.48. The topological polar surface area (TPSA) is 125 Å². The van der Waals surface area contributed by atoms with Crippen LogP contribution < -0.4 is 16.0 Å². The molecule has 3 N–H and O–H groups in total. The van der Waals surface area contributed by atoms with Crippen molar-refractivity contribution in [1.29, 1.82) is 0 Å². The molecule has 0 atom stereocenters. The van der Waals surface area contributed by atoms with Gasteiger partial charge in [0.15, 0.2) is 5.58 Å². The van der Waals surface area contributed by atoms with Crippen molar-refractivity contribution in [2.75, 3.05) is 13.2 Å². The minimum atomic E-state index is -4.02. The lowest BCUT2D eigenvalue weighted by Gasteiger charge is -2.06. The van der Waals surface area contributed by atoms with Crippen molar-refractivity contribution >= 4 is 21.1 Å². The summed E-state index contributed by atoms with van der Waals surface area (Å²) >= 11 is 0. The number of unbranched alkanes of at least 4 members (excludes halogenated alkanes) is 1. The van der Waals surface area contributed by atoms with Gasteiger partial charge in [-0.05, 0) is 37.6 Å². The number of benzene rings is 2. The van der Waals surface area contributed by atoms with Crippen LogP contribution in [0.15, 0.2) is 68.6 Å². The third kappa shape index (κ3) is 7.04. The molecule has 0 fully saturated rings. The molecule has 1 heterocycles. The molecule has 0 aliphatic rings. The number of aromatic nitrogens is 1. The van der Waals surface area contributed by atoms with E-state index in [9.17, 15) is 17.6 Å². The summed E-state index contributed by atoms with van der Waals surface area (Å²) in [7, 11) is -4.02. The van der Waals surface area contributed by atoms with Gasteiger partial charge >= 0.3 is 0 Å². The highest BCUT2D eigenvalue weighted by molar-refractivity contribution is 7.85. The first kappa shape index (κ1) is 25.3. The van der Waals surface area contributed by atoms with Crippen molar-refractivity contribution in [1.82, 2.24) is 4.74 Å². The van der Waals surface area contributed by atoms with Gasteiger partial charge in [0.2, 0.25) is 0 Å². The number of fused-ring (bicyclic) bond motifs is 1. The summed E-state index contributed by atoms with van der Waals surface area (Å²) in [5.41, 5.74) is 6.99. The Morgan fingerprint density at radius 2 is 1.94 bits per heavy atom. The van der Waals surface area contributed by atoms with E-state index in [1.54, 1.807) is 30.3 Å². The number of nitrogens with zero attached hydrogens (tertiary/aromatic N) is 1. The smallest absolute Gasteiger partial charge is 0.294 e. The molecule has 0 aliphatic carbocycles. The lowest BCUT2D eigenvalue weighted by atomic mass is 10.2. The fraction of sp³-hybridized carbons (Fsp3) is 0.318. The highest BCUT2D eigenvalue weighted by Crippen LogP contribution is 2.20. The van der Waals surface area contributed by atoms with Gasteiger partial charge in [0.1, 0.15) is 12.4 Å². The molecule has 0 bridgehead atoms. The molecule has 0 aliphatic heterocycles. The maximum absolute atomic E-state index is 12.4. The Bertz CT molecular complexity index is 1210. The van der Waals surface area contributed by atoms with Crippen LogP contribution >= 0.6 is 0 Å². The van der Waals surface area contributed by atoms with E-state index in [1.807, 2.05) is 13.8 Å². The van der Waals surface area contributed by atoms with Crippen LogP contribution in [0.25, 0.3) is 11.0 Å². The van der Waals surface area contributed by atoms with Crippen molar-refractivity contribution in [2.24, 2.45) is 5.73 Å². The van der Waals surface area contributed by atoms with Crippen LogP contribution in [0.2, 0.25) is 0 Å². The van der Waals surface area contributed by atoms with E-state index in [2.05, 4.69) is 0 Å². The number of rotatable bonds is 8. The molecule has 8 nitrogen and oxygen atoms in total. The number of aryl methyl sites for hydroxylation is 2. The molecule has 0 saturated carbocycles. The van der Waals surface area contributed by atoms with Gasteiger partial charge in [-0.25, -0.2) is 4.39 Å². The molecular formula is C22H27FN2O6S. The van der Waals surface area contributed by atoms with Crippen LogP contribution in [0.1, 0.15) is 25.3 Å². The van der Waals surface area contributed by atoms with Crippen LogP contribution in [-0.4, -0.2) is 30.9 Å². The highest BCUT2D eigenvalue weighted by Gasteiger charge is 2.10. The Hall–Kier alpha value is -2.95. The third-order valence-electron chi connectivity index (χ3n) is 4.49. The summed E-state index contributed by atoms with van der Waals surface area (Å²) in [6.07, 6.45) is 2.30. The zero-order valence-corrected chi connectivity index (χ0v) is 18.8. The van der Waals surface area contributed by atoms with Gasteiger partial charge < -0.3 is 15.0 Å². The number of hydrogen-bond acceptors (Lipinski definition) is 6. The van der Waals surface area contributed by atoms with Crippen molar-refractivity contribution in [3.63, 3.8) is 0 Å². The van der Waals surface area contributed by atoms with Crippen LogP contribution in [0.5, 0.6) is 5.75 Å². The molecular weight excluding hydrogens is 439 g/mol. The molecule has 0 unspecified atom stereocenters. The Kier molecular flexibility index (Phi) is 9.18. The molecule has 32 heavy (non-hydrogen) atoms. The fourth-order valence-electron chi connectivity index (χ4n) is 2.61. The van der Waals surface area contributed by atoms with Gasteiger partial charge in [-0.15, -0.1) is 0 Å². The molecule has 3 aromatic rings. The molecule has 0 saturated heterocycles. The largest absolute Gasteiger partial charge is 0.489 e. The van der Waals surface area contributed by atoms with E-state index in [0.29, 0.717) is 35.2 Å². The van der Waals surface area contributed by atoms with Crippen LogP contribution in [0.3, 0.4) is 0 Å². The second-order valence-electron chi connectivity index (χ2n) is 7.06. The summed E-state index contributed by atoms with van der Waals surface area (Å²) in [5, 5.41) is 0.513. The Morgan fingerprint density at radius 3 is 2.50 bits per heavy atom. The second kappa shape index (κ2) is 11.6. The van der Waals surface area contributed by atoms with Crippen molar-refractivity contribution < 1.29 is 26.6 Å². The van der Waals surface area contributed by atoms with Crippen LogP contribution in [0, 0.1) is 6.92 Å². The summed E-state index contributed by atoms with van der Waals surface area (Å²) in [6.45, 7) is 4.61.